The average molecular weight is 862 g/mol. The minimum atomic E-state index is -0.141. The number of carbonyl (C=O) groups excluding carboxylic acids is 2. The quantitative estimate of drug-likeness (QED) is 0.0629. The first-order valence-corrected chi connectivity index (χ1v) is 22.1. The second-order valence-electron chi connectivity index (χ2n) is 13.6. The lowest BCUT2D eigenvalue weighted by Gasteiger charge is -2.09. The van der Waals surface area contributed by atoms with Crippen LogP contribution in [0.3, 0.4) is 0 Å². The van der Waals surface area contributed by atoms with Crippen molar-refractivity contribution in [2.45, 2.75) is 78.1 Å². The third-order valence-corrected chi connectivity index (χ3v) is 8.37. The fraction of sp³-hybridized carbons (Fsp3) is 0.818. The van der Waals surface area contributed by atoms with Gasteiger partial charge in [0.25, 0.3) is 0 Å². The lowest BCUT2D eigenvalue weighted by atomic mass is 10.1. The number of unbranched alkanes of at least 4 members (excludes halogenated alkanes) is 8. The van der Waals surface area contributed by atoms with Gasteiger partial charge in [-0.3, -0.25) is 9.59 Å². The van der Waals surface area contributed by atoms with Gasteiger partial charge in [-0.2, -0.15) is 0 Å². The number of hydrogen-bond donors (Lipinski definition) is 1. The summed E-state index contributed by atoms with van der Waals surface area (Å²) in [5, 5.41) is 2.71. The van der Waals surface area contributed by atoms with Crippen molar-refractivity contribution < 1.29 is 71.2 Å². The molecule has 16 heteroatoms. The van der Waals surface area contributed by atoms with Gasteiger partial charge in [0, 0.05) is 19.0 Å². The monoisotopic (exact) mass is 862 g/mol. The van der Waals surface area contributed by atoms with E-state index in [1.165, 1.54) is 51.9 Å². The highest BCUT2D eigenvalue weighted by molar-refractivity contribution is 5.88. The van der Waals surface area contributed by atoms with Crippen molar-refractivity contribution in [3.05, 3.63) is 24.3 Å². The third kappa shape index (κ3) is 42.2. The number of carbonyl (C=O) groups is 2. The van der Waals surface area contributed by atoms with Gasteiger partial charge >= 0.3 is 5.97 Å². The topological polar surface area (TPSA) is 166 Å². The largest absolute Gasteiger partial charge is 0.491 e. The van der Waals surface area contributed by atoms with Crippen molar-refractivity contribution in [2.24, 2.45) is 0 Å². The van der Waals surface area contributed by atoms with Crippen molar-refractivity contribution in [1.82, 2.24) is 0 Å². The molecule has 0 aliphatic rings. The van der Waals surface area contributed by atoms with Crippen LogP contribution in [0.4, 0.5) is 5.69 Å². The summed E-state index contributed by atoms with van der Waals surface area (Å²) >= 11 is 0. The average Bonchev–Trinajstić information content (AvgIpc) is 3.24. The highest BCUT2D eigenvalue weighted by atomic mass is 16.6. The maximum absolute atomic E-state index is 11.8. The van der Waals surface area contributed by atoms with E-state index >= 15 is 0 Å². The van der Waals surface area contributed by atoms with Gasteiger partial charge < -0.3 is 66.9 Å². The predicted octanol–water partition coefficient (Wildman–Crippen LogP) is 5.67. The molecule has 0 bridgehead atoms. The molecular formula is C44H79NO15. The van der Waals surface area contributed by atoms with Crippen LogP contribution in [0.15, 0.2) is 24.3 Å². The number of amides is 1. The molecule has 60 heavy (non-hydrogen) atoms. The van der Waals surface area contributed by atoms with Crippen LogP contribution in [0, 0.1) is 0 Å². The van der Waals surface area contributed by atoms with Crippen LogP contribution in [0.1, 0.15) is 78.1 Å². The summed E-state index contributed by atoms with van der Waals surface area (Å²) in [6, 6.07) is 7.17. The number of anilines is 1. The molecule has 0 spiro atoms. The van der Waals surface area contributed by atoms with Crippen molar-refractivity contribution in [1.29, 1.82) is 0 Å². The van der Waals surface area contributed by atoms with Crippen LogP contribution >= 0.6 is 0 Å². The molecule has 0 heterocycles. The third-order valence-electron chi connectivity index (χ3n) is 8.37. The van der Waals surface area contributed by atoms with E-state index in [1.807, 2.05) is 0 Å². The zero-order valence-electron chi connectivity index (χ0n) is 37.0. The minimum absolute atomic E-state index is 0.110. The summed E-state index contributed by atoms with van der Waals surface area (Å²) in [5.74, 6) is 0.462. The Labute approximate surface area is 360 Å². The zero-order chi connectivity index (χ0) is 43.1. The molecular weight excluding hydrogens is 782 g/mol. The minimum Gasteiger partial charge on any atom is -0.491 e. The first kappa shape index (κ1) is 55.5. The summed E-state index contributed by atoms with van der Waals surface area (Å²) < 4.78 is 71.3. The molecule has 16 nitrogen and oxygen atoms in total. The Bertz CT molecular complexity index is 1050. The SMILES string of the molecule is CCCCCCCCCCCC(=O)OCCOCCOCCOCCOCCOCCOCCOCCOCCOCCOCCOCCOc1ccc(NC(C)=O)cc1. The number of rotatable bonds is 48. The predicted molar refractivity (Wildman–Crippen MR) is 228 cm³/mol. The van der Waals surface area contributed by atoms with Gasteiger partial charge in [-0.1, -0.05) is 58.3 Å². The number of nitrogens with one attached hydrogen (secondary N) is 1. The molecule has 1 amide bonds. The van der Waals surface area contributed by atoms with Gasteiger partial charge in [0.05, 0.1) is 145 Å². The fourth-order valence-electron chi connectivity index (χ4n) is 5.22. The number of ether oxygens (including phenoxy) is 13. The second kappa shape index (κ2) is 46.0. The Morgan fingerprint density at radius 1 is 0.400 bits per heavy atom. The van der Waals surface area contributed by atoms with Crippen molar-refractivity contribution in [3.8, 4) is 5.75 Å². The van der Waals surface area contributed by atoms with E-state index in [-0.39, 0.29) is 18.5 Å². The molecule has 350 valence electrons. The molecule has 0 fully saturated rings. The normalized spacial score (nSPS) is 11.3. The molecule has 0 atom stereocenters. The van der Waals surface area contributed by atoms with E-state index in [9.17, 15) is 9.59 Å². The van der Waals surface area contributed by atoms with Gasteiger partial charge in [-0.15, -0.1) is 0 Å². The summed E-state index contributed by atoms with van der Waals surface area (Å²) in [4.78, 5) is 22.9. The first-order chi connectivity index (χ1) is 29.6. The fourth-order valence-corrected chi connectivity index (χ4v) is 5.22. The Morgan fingerprint density at radius 2 is 0.700 bits per heavy atom. The van der Waals surface area contributed by atoms with Crippen LogP contribution in [-0.4, -0.2) is 170 Å². The van der Waals surface area contributed by atoms with Crippen molar-refractivity contribution in [3.63, 3.8) is 0 Å². The molecule has 0 aliphatic carbocycles. The summed E-state index contributed by atoms with van der Waals surface area (Å²) in [6.07, 6.45) is 11.6. The highest BCUT2D eigenvalue weighted by Crippen LogP contribution is 2.15. The van der Waals surface area contributed by atoms with Gasteiger partial charge in [0.2, 0.25) is 5.91 Å². The van der Waals surface area contributed by atoms with Gasteiger partial charge in [0.15, 0.2) is 0 Å². The summed E-state index contributed by atoms with van der Waals surface area (Å²) in [5.41, 5.74) is 0.729. The van der Waals surface area contributed by atoms with E-state index < -0.39 is 0 Å². The standard InChI is InChI=1S/C44H79NO15/c1-3-4-5-6-7-8-9-10-11-12-44(47)60-40-38-58-36-34-56-32-30-54-28-26-52-24-22-50-20-18-48-17-19-49-21-23-51-25-27-53-29-31-55-33-35-57-37-39-59-43-15-13-42(14-16-43)45-41(2)46/h13-16H,3-12,17-40H2,1-2H3,(H,45,46). The molecule has 0 saturated carbocycles. The Kier molecular flexibility index (Phi) is 42.6. The molecule has 1 rings (SSSR count). The van der Waals surface area contributed by atoms with Crippen LogP contribution in [-0.2, 0) is 66.4 Å². The van der Waals surface area contributed by atoms with E-state index in [0.29, 0.717) is 164 Å². The number of hydrogen-bond acceptors (Lipinski definition) is 15. The van der Waals surface area contributed by atoms with E-state index in [0.717, 1.165) is 18.5 Å². The van der Waals surface area contributed by atoms with E-state index in [4.69, 9.17) is 61.6 Å². The van der Waals surface area contributed by atoms with Gasteiger partial charge in [-0.25, -0.2) is 0 Å². The van der Waals surface area contributed by atoms with Crippen molar-refractivity contribution in [2.75, 3.05) is 164 Å². The first-order valence-electron chi connectivity index (χ1n) is 22.1. The maximum Gasteiger partial charge on any atom is 0.305 e. The van der Waals surface area contributed by atoms with Gasteiger partial charge in [0.1, 0.15) is 19.0 Å². The molecule has 0 aliphatic heterocycles. The summed E-state index contributed by atoms with van der Waals surface area (Å²) in [7, 11) is 0. The molecule has 0 unspecified atom stereocenters. The Morgan fingerprint density at radius 3 is 1.03 bits per heavy atom. The van der Waals surface area contributed by atoms with Crippen molar-refractivity contribution >= 4 is 17.6 Å². The molecule has 0 radical (unpaired) electrons. The Balaban J connectivity index is 1.65. The highest BCUT2D eigenvalue weighted by Gasteiger charge is 2.03. The maximum atomic E-state index is 11.8. The van der Waals surface area contributed by atoms with Gasteiger partial charge in [-0.05, 0) is 30.7 Å². The van der Waals surface area contributed by atoms with Crippen LogP contribution < -0.4 is 10.1 Å². The Hall–Kier alpha value is -2.48. The summed E-state index contributed by atoms with van der Waals surface area (Å²) in [6.45, 7) is 14.9. The second-order valence-corrected chi connectivity index (χ2v) is 13.6. The molecule has 0 aromatic heterocycles. The number of benzene rings is 1. The zero-order valence-corrected chi connectivity index (χ0v) is 37.0. The number of esters is 1. The molecule has 1 N–H and O–H groups in total. The lowest BCUT2D eigenvalue weighted by Crippen LogP contribution is -2.16. The van der Waals surface area contributed by atoms with Crippen LogP contribution in [0.5, 0.6) is 5.75 Å². The molecule has 1 aromatic carbocycles. The molecule has 1 aromatic rings. The van der Waals surface area contributed by atoms with E-state index in [1.54, 1.807) is 24.3 Å². The van der Waals surface area contributed by atoms with Crippen LogP contribution in [0.25, 0.3) is 0 Å². The smallest absolute Gasteiger partial charge is 0.305 e. The lowest BCUT2D eigenvalue weighted by molar-refractivity contribution is -0.145. The van der Waals surface area contributed by atoms with Crippen LogP contribution in [0.2, 0.25) is 0 Å². The van der Waals surface area contributed by atoms with E-state index in [2.05, 4.69) is 12.2 Å². The molecule has 0 saturated heterocycles.